The molecule has 20 heavy (non-hydrogen) atoms. The van der Waals surface area contributed by atoms with Gasteiger partial charge in [0.2, 0.25) is 0 Å². The first-order valence-electron chi connectivity index (χ1n) is 7.78. The van der Waals surface area contributed by atoms with Crippen LogP contribution in [-0.2, 0) is 10.2 Å². The number of nitrogens with one attached hydrogen (secondary N) is 1. The second kappa shape index (κ2) is 6.30. The fourth-order valence-corrected chi connectivity index (χ4v) is 4.68. The van der Waals surface area contributed by atoms with E-state index in [9.17, 15) is 8.42 Å². The van der Waals surface area contributed by atoms with Crippen LogP contribution in [-0.4, -0.2) is 56.9 Å². The quantitative estimate of drug-likeness (QED) is 0.836. The van der Waals surface area contributed by atoms with Crippen molar-refractivity contribution in [3.05, 3.63) is 0 Å². The van der Waals surface area contributed by atoms with Gasteiger partial charge >= 0.3 is 0 Å². The molecule has 118 valence electrons. The van der Waals surface area contributed by atoms with Gasteiger partial charge in [0.05, 0.1) is 0 Å². The Morgan fingerprint density at radius 2 is 1.75 bits per heavy atom. The summed E-state index contributed by atoms with van der Waals surface area (Å²) in [6.07, 6.45) is 6.50. The van der Waals surface area contributed by atoms with Crippen LogP contribution < -0.4 is 4.72 Å². The van der Waals surface area contributed by atoms with Crippen LogP contribution in [0.25, 0.3) is 0 Å². The Kier molecular flexibility index (Phi) is 5.10. The molecule has 2 rings (SSSR count). The molecule has 1 N–H and O–H groups in total. The lowest BCUT2D eigenvalue weighted by Crippen LogP contribution is -2.54. The summed E-state index contributed by atoms with van der Waals surface area (Å²) in [6.45, 7) is 4.04. The number of rotatable bonds is 5. The highest BCUT2D eigenvalue weighted by Crippen LogP contribution is 2.33. The molecule has 0 atom stereocenters. The van der Waals surface area contributed by atoms with E-state index in [0.29, 0.717) is 25.6 Å². The van der Waals surface area contributed by atoms with Crippen molar-refractivity contribution in [1.82, 2.24) is 13.9 Å². The molecule has 1 aliphatic carbocycles. The van der Waals surface area contributed by atoms with Crippen molar-refractivity contribution >= 4 is 10.2 Å². The molecular weight excluding hydrogens is 274 g/mol. The van der Waals surface area contributed by atoms with E-state index in [0.717, 1.165) is 25.7 Å². The van der Waals surface area contributed by atoms with Crippen molar-refractivity contribution in [2.45, 2.75) is 51.0 Å². The fraction of sp³-hybridized carbons (Fsp3) is 1.00. The van der Waals surface area contributed by atoms with Crippen LogP contribution in [0.3, 0.4) is 0 Å². The Bertz CT molecular complexity index is 408. The summed E-state index contributed by atoms with van der Waals surface area (Å²) in [5.74, 6) is 0.643. The van der Waals surface area contributed by atoms with E-state index in [1.165, 1.54) is 12.8 Å². The van der Waals surface area contributed by atoms with Crippen LogP contribution in [0.4, 0.5) is 0 Å². The maximum Gasteiger partial charge on any atom is 0.279 e. The number of nitrogens with zero attached hydrogens (tertiary/aromatic N) is 2. The van der Waals surface area contributed by atoms with Gasteiger partial charge in [0.1, 0.15) is 0 Å². The maximum absolute atomic E-state index is 12.4. The maximum atomic E-state index is 12.4. The average Bonchev–Trinajstić information content (AvgIpc) is 2.87. The second-order valence-electron chi connectivity index (χ2n) is 6.73. The molecule has 0 unspecified atom stereocenters. The zero-order valence-corrected chi connectivity index (χ0v) is 13.9. The lowest BCUT2D eigenvalue weighted by atomic mass is 9.97. The third-order valence-corrected chi connectivity index (χ3v) is 6.70. The van der Waals surface area contributed by atoms with Gasteiger partial charge in [-0.25, -0.2) is 4.72 Å². The minimum atomic E-state index is -3.31. The minimum absolute atomic E-state index is 0.0101. The second-order valence-corrected chi connectivity index (χ2v) is 8.49. The van der Waals surface area contributed by atoms with Crippen molar-refractivity contribution in [1.29, 1.82) is 0 Å². The molecule has 0 aromatic rings. The molecule has 0 aromatic heterocycles. The van der Waals surface area contributed by atoms with Gasteiger partial charge < -0.3 is 4.90 Å². The molecule has 1 heterocycles. The van der Waals surface area contributed by atoms with Gasteiger partial charge in [-0.1, -0.05) is 19.8 Å². The van der Waals surface area contributed by atoms with E-state index in [2.05, 4.69) is 30.6 Å². The Labute approximate surface area is 123 Å². The molecule has 2 aliphatic rings. The van der Waals surface area contributed by atoms with Crippen LogP contribution in [0.1, 0.15) is 45.4 Å². The Hall–Kier alpha value is -0.170. The molecule has 0 aromatic carbocycles. The van der Waals surface area contributed by atoms with E-state index in [1.807, 2.05) is 0 Å². The van der Waals surface area contributed by atoms with Gasteiger partial charge in [-0.05, 0) is 45.7 Å². The highest BCUT2D eigenvalue weighted by molar-refractivity contribution is 7.87. The largest absolute Gasteiger partial charge is 0.302 e. The Morgan fingerprint density at radius 1 is 1.20 bits per heavy atom. The smallest absolute Gasteiger partial charge is 0.279 e. The SMILES string of the molecule is CC1CCN(S(=O)(=O)NCC2(N(C)C)CCCC2)CC1. The first kappa shape index (κ1) is 16.2. The molecular formula is C14H29N3O2S. The third kappa shape index (κ3) is 3.53. The van der Waals surface area contributed by atoms with Crippen LogP contribution in [0.5, 0.6) is 0 Å². The predicted molar refractivity (Wildman–Crippen MR) is 81.8 cm³/mol. The van der Waals surface area contributed by atoms with Gasteiger partial charge in [-0.3, -0.25) is 0 Å². The average molecular weight is 303 g/mol. The molecule has 5 nitrogen and oxygen atoms in total. The first-order chi connectivity index (χ1) is 9.36. The standard InChI is InChI=1S/C14H29N3O2S/c1-13-6-10-17(11-7-13)20(18,19)15-12-14(16(2)3)8-4-5-9-14/h13,15H,4-12H2,1-3H3. The number of piperidine rings is 1. The number of likely N-dealkylation sites (N-methyl/N-ethyl adjacent to an activating group) is 1. The van der Waals surface area contributed by atoms with Crippen molar-refractivity contribution in [3.63, 3.8) is 0 Å². The van der Waals surface area contributed by atoms with E-state index < -0.39 is 10.2 Å². The van der Waals surface area contributed by atoms with Crippen molar-refractivity contribution in [2.75, 3.05) is 33.7 Å². The summed E-state index contributed by atoms with van der Waals surface area (Å²) in [4.78, 5) is 2.20. The van der Waals surface area contributed by atoms with Crippen LogP contribution >= 0.6 is 0 Å². The van der Waals surface area contributed by atoms with Gasteiger partial charge in [0.15, 0.2) is 0 Å². The Morgan fingerprint density at radius 3 is 2.25 bits per heavy atom. The molecule has 1 aliphatic heterocycles. The van der Waals surface area contributed by atoms with Crippen LogP contribution in [0.15, 0.2) is 0 Å². The summed E-state index contributed by atoms with van der Waals surface area (Å²) in [7, 11) is 0.806. The molecule has 1 saturated carbocycles. The zero-order valence-electron chi connectivity index (χ0n) is 13.1. The molecule has 0 bridgehead atoms. The van der Waals surface area contributed by atoms with Crippen LogP contribution in [0, 0.1) is 5.92 Å². The topological polar surface area (TPSA) is 52.7 Å². The lowest BCUT2D eigenvalue weighted by molar-refractivity contribution is 0.160. The van der Waals surface area contributed by atoms with E-state index in [1.54, 1.807) is 4.31 Å². The van der Waals surface area contributed by atoms with Crippen molar-refractivity contribution in [2.24, 2.45) is 5.92 Å². The van der Waals surface area contributed by atoms with Gasteiger partial charge in [0.25, 0.3) is 10.2 Å². The summed E-state index contributed by atoms with van der Waals surface area (Å²) < 4.78 is 29.3. The van der Waals surface area contributed by atoms with Crippen molar-refractivity contribution < 1.29 is 8.42 Å². The molecule has 6 heteroatoms. The Balaban J connectivity index is 1.95. The van der Waals surface area contributed by atoms with Crippen molar-refractivity contribution in [3.8, 4) is 0 Å². The first-order valence-corrected chi connectivity index (χ1v) is 9.22. The molecule has 0 amide bonds. The molecule has 1 saturated heterocycles. The number of hydrogen-bond acceptors (Lipinski definition) is 3. The van der Waals surface area contributed by atoms with E-state index >= 15 is 0 Å². The summed E-state index contributed by atoms with van der Waals surface area (Å²) >= 11 is 0. The van der Waals surface area contributed by atoms with E-state index in [-0.39, 0.29) is 5.54 Å². The van der Waals surface area contributed by atoms with Gasteiger partial charge in [0, 0.05) is 25.2 Å². The third-order valence-electron chi connectivity index (χ3n) is 5.15. The van der Waals surface area contributed by atoms with Crippen LogP contribution in [0.2, 0.25) is 0 Å². The molecule has 0 spiro atoms. The summed E-state index contributed by atoms with van der Waals surface area (Å²) in [6, 6.07) is 0. The fourth-order valence-electron chi connectivity index (χ4n) is 3.36. The van der Waals surface area contributed by atoms with E-state index in [4.69, 9.17) is 0 Å². The molecule has 2 fully saturated rings. The normalized spacial score (nSPS) is 25.4. The summed E-state index contributed by atoms with van der Waals surface area (Å²) in [5.41, 5.74) is 0.0101. The summed E-state index contributed by atoms with van der Waals surface area (Å²) in [5, 5.41) is 0. The number of hydrogen-bond donors (Lipinski definition) is 1. The highest BCUT2D eigenvalue weighted by atomic mass is 32.2. The van der Waals surface area contributed by atoms with Gasteiger partial charge in [-0.2, -0.15) is 12.7 Å². The van der Waals surface area contributed by atoms with Gasteiger partial charge in [-0.15, -0.1) is 0 Å². The predicted octanol–water partition coefficient (Wildman–Crippen LogP) is 1.43. The highest BCUT2D eigenvalue weighted by Gasteiger charge is 2.37. The lowest BCUT2D eigenvalue weighted by Gasteiger charge is -2.37. The monoisotopic (exact) mass is 303 g/mol. The molecule has 0 radical (unpaired) electrons. The zero-order chi connectivity index (χ0) is 14.8. The minimum Gasteiger partial charge on any atom is -0.302 e.